The number of pyridine rings is 1. The van der Waals surface area contributed by atoms with Gasteiger partial charge in [0.1, 0.15) is 10.8 Å². The van der Waals surface area contributed by atoms with Gasteiger partial charge < -0.3 is 4.74 Å². The molecule has 0 aliphatic rings. The quantitative estimate of drug-likeness (QED) is 0.732. The van der Waals surface area contributed by atoms with Crippen LogP contribution in [0.1, 0.15) is 0 Å². The summed E-state index contributed by atoms with van der Waals surface area (Å²) in [5.74, 6) is 1.52. The maximum Gasteiger partial charge on any atom is 0.174 e. The molecule has 0 radical (unpaired) electrons. The molecule has 3 aromatic rings. The molecule has 94 valence electrons. The van der Waals surface area contributed by atoms with Crippen molar-refractivity contribution in [3.05, 3.63) is 48.8 Å². The van der Waals surface area contributed by atoms with E-state index in [2.05, 4.69) is 14.3 Å². The minimum Gasteiger partial charge on any atom is -0.497 e. The molecule has 3 rings (SSSR count). The molecular weight excluding hydrogens is 258 g/mol. The van der Waals surface area contributed by atoms with Crippen LogP contribution in [0, 0.1) is 0 Å². The number of aromatic nitrogens is 3. The lowest BCUT2D eigenvalue weighted by Gasteiger charge is -2.00. The number of benzene rings is 1. The molecule has 0 atom stereocenters. The number of hydrogen-bond donors (Lipinski definition) is 0. The highest BCUT2D eigenvalue weighted by Crippen LogP contribution is 2.27. The van der Waals surface area contributed by atoms with Crippen LogP contribution in [0.5, 0.6) is 5.75 Å². The summed E-state index contributed by atoms with van der Waals surface area (Å²) in [6, 6.07) is 11.6. The zero-order valence-electron chi connectivity index (χ0n) is 10.3. The summed E-state index contributed by atoms with van der Waals surface area (Å²) in [6.45, 7) is 0. The zero-order valence-corrected chi connectivity index (χ0v) is 11.1. The van der Waals surface area contributed by atoms with Gasteiger partial charge in [-0.2, -0.15) is 4.37 Å². The minimum absolute atomic E-state index is 0.705. The molecule has 0 bridgehead atoms. The first-order valence-corrected chi connectivity index (χ1v) is 6.53. The molecule has 0 fully saturated rings. The van der Waals surface area contributed by atoms with Crippen LogP contribution in [0.15, 0.2) is 48.8 Å². The summed E-state index contributed by atoms with van der Waals surface area (Å²) in [6.07, 6.45) is 3.50. The summed E-state index contributed by atoms with van der Waals surface area (Å²) in [4.78, 5) is 8.61. The van der Waals surface area contributed by atoms with Crippen LogP contribution in [0.2, 0.25) is 0 Å². The van der Waals surface area contributed by atoms with Crippen LogP contribution in [0.25, 0.3) is 22.0 Å². The van der Waals surface area contributed by atoms with Crippen molar-refractivity contribution < 1.29 is 4.74 Å². The van der Waals surface area contributed by atoms with Crippen molar-refractivity contribution in [2.75, 3.05) is 7.11 Å². The van der Waals surface area contributed by atoms with Gasteiger partial charge in [0.15, 0.2) is 5.82 Å². The normalized spacial score (nSPS) is 10.4. The van der Waals surface area contributed by atoms with Crippen LogP contribution in [0.4, 0.5) is 0 Å². The van der Waals surface area contributed by atoms with E-state index in [1.54, 1.807) is 19.5 Å². The predicted octanol–water partition coefficient (Wildman–Crippen LogP) is 3.28. The first kappa shape index (κ1) is 11.8. The maximum absolute atomic E-state index is 5.21. The van der Waals surface area contributed by atoms with Gasteiger partial charge in [-0.3, -0.25) is 4.98 Å². The molecule has 0 spiro atoms. The third-order valence-corrected chi connectivity index (χ3v) is 3.43. The topological polar surface area (TPSA) is 47.9 Å². The standard InChI is InChI=1S/C14H11N3OS/c1-18-12-6-2-4-10(8-12)14-16-13(17-19-14)11-5-3-7-15-9-11/h2-9H,1H3. The molecule has 4 nitrogen and oxygen atoms in total. The lowest BCUT2D eigenvalue weighted by molar-refractivity contribution is 0.415. The number of nitrogens with zero attached hydrogens (tertiary/aromatic N) is 3. The average molecular weight is 269 g/mol. The van der Waals surface area contributed by atoms with E-state index in [0.29, 0.717) is 5.82 Å². The van der Waals surface area contributed by atoms with Crippen molar-refractivity contribution in [3.63, 3.8) is 0 Å². The molecule has 2 heterocycles. The van der Waals surface area contributed by atoms with Gasteiger partial charge in [-0.15, -0.1) is 0 Å². The SMILES string of the molecule is COc1cccc(-c2nc(-c3cccnc3)ns2)c1. The number of methoxy groups -OCH3 is 1. The fraction of sp³-hybridized carbons (Fsp3) is 0.0714. The molecule has 2 aromatic heterocycles. The Kier molecular flexibility index (Phi) is 3.20. The Labute approximate surface area is 114 Å². The largest absolute Gasteiger partial charge is 0.497 e. The van der Waals surface area contributed by atoms with E-state index in [1.807, 2.05) is 36.4 Å². The van der Waals surface area contributed by atoms with Crippen molar-refractivity contribution in [1.29, 1.82) is 0 Å². The van der Waals surface area contributed by atoms with Crippen LogP contribution < -0.4 is 4.74 Å². The smallest absolute Gasteiger partial charge is 0.174 e. The van der Waals surface area contributed by atoms with E-state index in [4.69, 9.17) is 4.74 Å². The fourth-order valence-electron chi connectivity index (χ4n) is 1.71. The molecule has 0 unspecified atom stereocenters. The Morgan fingerprint density at radius 1 is 1.11 bits per heavy atom. The summed E-state index contributed by atoms with van der Waals surface area (Å²) in [7, 11) is 1.65. The van der Waals surface area contributed by atoms with Gasteiger partial charge in [-0.25, -0.2) is 4.98 Å². The van der Waals surface area contributed by atoms with Crippen LogP contribution in [-0.2, 0) is 0 Å². The third-order valence-electron chi connectivity index (χ3n) is 2.66. The fourth-order valence-corrected chi connectivity index (χ4v) is 2.39. The van der Waals surface area contributed by atoms with Gasteiger partial charge >= 0.3 is 0 Å². The molecule has 0 saturated carbocycles. The van der Waals surface area contributed by atoms with E-state index >= 15 is 0 Å². The molecule has 19 heavy (non-hydrogen) atoms. The summed E-state index contributed by atoms with van der Waals surface area (Å²) in [5.41, 5.74) is 1.93. The number of hydrogen-bond acceptors (Lipinski definition) is 5. The second kappa shape index (κ2) is 5.16. The van der Waals surface area contributed by atoms with Gasteiger partial charge in [0, 0.05) is 23.5 Å². The highest BCUT2D eigenvalue weighted by Gasteiger charge is 2.08. The van der Waals surface area contributed by atoms with Crippen molar-refractivity contribution in [2.45, 2.75) is 0 Å². The molecular formula is C14H11N3OS. The van der Waals surface area contributed by atoms with E-state index < -0.39 is 0 Å². The van der Waals surface area contributed by atoms with Crippen molar-refractivity contribution in [1.82, 2.24) is 14.3 Å². The Morgan fingerprint density at radius 2 is 2.00 bits per heavy atom. The summed E-state index contributed by atoms with van der Waals surface area (Å²) >= 11 is 1.37. The lowest BCUT2D eigenvalue weighted by Crippen LogP contribution is -1.84. The van der Waals surface area contributed by atoms with E-state index in [0.717, 1.165) is 21.9 Å². The third kappa shape index (κ3) is 2.46. The Morgan fingerprint density at radius 3 is 2.79 bits per heavy atom. The van der Waals surface area contributed by atoms with Crippen LogP contribution >= 0.6 is 11.5 Å². The number of ether oxygens (including phenoxy) is 1. The highest BCUT2D eigenvalue weighted by molar-refractivity contribution is 7.09. The first-order chi connectivity index (χ1) is 9.36. The van der Waals surface area contributed by atoms with Crippen molar-refractivity contribution in [2.24, 2.45) is 0 Å². The maximum atomic E-state index is 5.21. The monoisotopic (exact) mass is 269 g/mol. The molecule has 0 saturated heterocycles. The van der Waals surface area contributed by atoms with E-state index in [9.17, 15) is 0 Å². The molecule has 5 heteroatoms. The lowest BCUT2D eigenvalue weighted by atomic mass is 10.2. The van der Waals surface area contributed by atoms with E-state index in [1.165, 1.54) is 11.5 Å². The second-order valence-corrected chi connectivity index (χ2v) is 4.65. The summed E-state index contributed by atoms with van der Waals surface area (Å²) in [5, 5.41) is 0.873. The second-order valence-electron chi connectivity index (χ2n) is 3.90. The Balaban J connectivity index is 1.97. The Hall–Kier alpha value is -2.27. The van der Waals surface area contributed by atoms with Gasteiger partial charge in [0.25, 0.3) is 0 Å². The minimum atomic E-state index is 0.705. The molecule has 0 aliphatic carbocycles. The molecule has 0 amide bonds. The van der Waals surface area contributed by atoms with Gasteiger partial charge in [-0.05, 0) is 35.8 Å². The van der Waals surface area contributed by atoms with Gasteiger partial charge in [-0.1, -0.05) is 12.1 Å². The van der Waals surface area contributed by atoms with Gasteiger partial charge in [0.05, 0.1) is 7.11 Å². The molecule has 1 aromatic carbocycles. The summed E-state index contributed by atoms with van der Waals surface area (Å²) < 4.78 is 9.58. The number of rotatable bonds is 3. The zero-order chi connectivity index (χ0) is 13.1. The highest BCUT2D eigenvalue weighted by atomic mass is 32.1. The van der Waals surface area contributed by atoms with Crippen LogP contribution in [0.3, 0.4) is 0 Å². The molecule has 0 N–H and O–H groups in total. The van der Waals surface area contributed by atoms with Crippen molar-refractivity contribution >= 4 is 11.5 Å². The van der Waals surface area contributed by atoms with Crippen molar-refractivity contribution in [3.8, 4) is 27.7 Å². The van der Waals surface area contributed by atoms with E-state index in [-0.39, 0.29) is 0 Å². The van der Waals surface area contributed by atoms with Gasteiger partial charge in [0.2, 0.25) is 0 Å². The average Bonchev–Trinajstić information content (AvgIpc) is 2.98. The first-order valence-electron chi connectivity index (χ1n) is 5.75. The predicted molar refractivity (Wildman–Crippen MR) is 75.1 cm³/mol. The molecule has 0 aliphatic heterocycles. The van der Waals surface area contributed by atoms with Crippen LogP contribution in [-0.4, -0.2) is 21.5 Å². The Bertz CT molecular complexity index is 682.